The number of fused-ring (bicyclic) bond motifs is 8. The first-order valence-electron chi connectivity index (χ1n) is 13.9. The average molecular weight is 463 g/mol. The third-order valence-corrected chi connectivity index (χ3v) is 9.18. The number of aromatic nitrogens is 3. The first kappa shape index (κ1) is 21.4. The topological polar surface area (TPSA) is 21.2 Å². The normalized spacial score (nSPS) is 18.3. The molecule has 2 saturated carbocycles. The van der Waals surface area contributed by atoms with Crippen molar-refractivity contribution in [3.05, 3.63) is 65.4 Å². The van der Waals surface area contributed by atoms with Gasteiger partial charge in [0.25, 0.3) is 5.65 Å². The molecule has 2 aliphatic rings. The highest BCUT2D eigenvalue weighted by atomic mass is 15.1. The van der Waals surface area contributed by atoms with Gasteiger partial charge in [-0.05, 0) is 79.8 Å². The van der Waals surface area contributed by atoms with Crippen LogP contribution in [0.4, 0.5) is 0 Å². The van der Waals surface area contributed by atoms with Crippen molar-refractivity contribution >= 4 is 38.5 Å². The molecular formula is C32H36N3+. The molecule has 35 heavy (non-hydrogen) atoms. The van der Waals surface area contributed by atoms with E-state index in [1.54, 1.807) is 5.56 Å². The molecule has 0 unspecified atom stereocenters. The van der Waals surface area contributed by atoms with Gasteiger partial charge in [0.15, 0.2) is 11.0 Å². The van der Waals surface area contributed by atoms with Gasteiger partial charge in [-0.2, -0.15) is 4.40 Å². The summed E-state index contributed by atoms with van der Waals surface area (Å²) in [6.07, 6.45) is 15.5. The van der Waals surface area contributed by atoms with Crippen molar-refractivity contribution in [3.8, 4) is 0 Å². The summed E-state index contributed by atoms with van der Waals surface area (Å²) in [5, 5.41) is 2.57. The maximum Gasteiger partial charge on any atom is 0.297 e. The van der Waals surface area contributed by atoms with Crippen molar-refractivity contribution in [2.24, 2.45) is 7.05 Å². The highest BCUT2D eigenvalue weighted by Crippen LogP contribution is 2.40. The Morgan fingerprint density at radius 1 is 0.857 bits per heavy atom. The van der Waals surface area contributed by atoms with E-state index in [0.29, 0.717) is 11.8 Å². The monoisotopic (exact) mass is 462 g/mol. The van der Waals surface area contributed by atoms with Crippen LogP contribution in [0.25, 0.3) is 38.5 Å². The van der Waals surface area contributed by atoms with Crippen molar-refractivity contribution in [3.63, 3.8) is 0 Å². The summed E-state index contributed by atoms with van der Waals surface area (Å²) in [6.45, 7) is 2.24. The Labute approximate surface area is 207 Å². The molecule has 7 rings (SSSR count). The molecule has 3 heteroatoms. The lowest BCUT2D eigenvalue weighted by Crippen LogP contribution is -2.27. The number of imidazole rings is 1. The molecule has 5 aromatic rings. The van der Waals surface area contributed by atoms with Gasteiger partial charge in [-0.1, -0.05) is 56.7 Å². The maximum atomic E-state index is 4.96. The van der Waals surface area contributed by atoms with E-state index in [2.05, 4.69) is 65.4 Å². The lowest BCUT2D eigenvalue weighted by molar-refractivity contribution is -0.617. The zero-order valence-electron chi connectivity index (χ0n) is 21.2. The van der Waals surface area contributed by atoms with Gasteiger partial charge in [-0.3, -0.25) is 4.98 Å². The van der Waals surface area contributed by atoms with Crippen LogP contribution in [-0.4, -0.2) is 9.38 Å². The molecule has 0 spiro atoms. The highest BCUT2D eigenvalue weighted by Gasteiger charge is 2.30. The molecule has 0 aliphatic heterocycles. The number of nitrogens with zero attached hydrogens (tertiary/aromatic N) is 3. The van der Waals surface area contributed by atoms with Gasteiger partial charge < -0.3 is 0 Å². The SMILES string of the molecule is Cc1ccnc2c3ccc(C4CCCCC4)cc3n3c4c(C5CCCCC5)cccc4[n+](C)c3c12. The second-order valence-corrected chi connectivity index (χ2v) is 11.2. The quantitative estimate of drug-likeness (QED) is 0.192. The van der Waals surface area contributed by atoms with Gasteiger partial charge in [0.05, 0.1) is 18.0 Å². The van der Waals surface area contributed by atoms with Crippen LogP contribution in [0.5, 0.6) is 0 Å². The minimum atomic E-state index is 0.660. The number of aryl methyl sites for hydroxylation is 2. The second kappa shape index (κ2) is 8.33. The average Bonchev–Trinajstić information content (AvgIpc) is 3.22. The Kier molecular flexibility index (Phi) is 5.08. The summed E-state index contributed by atoms with van der Waals surface area (Å²) in [5.74, 6) is 1.35. The van der Waals surface area contributed by atoms with Crippen LogP contribution in [-0.2, 0) is 7.05 Å². The van der Waals surface area contributed by atoms with Crippen LogP contribution in [0.3, 0.4) is 0 Å². The second-order valence-electron chi connectivity index (χ2n) is 11.2. The lowest BCUT2D eigenvalue weighted by atomic mass is 9.83. The van der Waals surface area contributed by atoms with E-state index in [4.69, 9.17) is 4.98 Å². The molecule has 0 atom stereocenters. The third-order valence-electron chi connectivity index (χ3n) is 9.18. The van der Waals surface area contributed by atoms with Crippen LogP contribution in [0, 0.1) is 6.92 Å². The summed E-state index contributed by atoms with van der Waals surface area (Å²) in [5.41, 5.74) is 10.9. The molecule has 3 heterocycles. The fraction of sp³-hybridized carbons (Fsp3) is 0.438. The first-order valence-corrected chi connectivity index (χ1v) is 13.9. The van der Waals surface area contributed by atoms with Crippen LogP contribution in [0.15, 0.2) is 48.7 Å². The molecule has 0 bridgehead atoms. The number of pyridine rings is 2. The van der Waals surface area contributed by atoms with Crippen molar-refractivity contribution in [2.45, 2.75) is 83.0 Å². The molecule has 0 radical (unpaired) electrons. The number of hydrogen-bond acceptors (Lipinski definition) is 1. The van der Waals surface area contributed by atoms with Crippen molar-refractivity contribution in [2.75, 3.05) is 0 Å². The summed E-state index contributed by atoms with van der Waals surface area (Å²) >= 11 is 0. The van der Waals surface area contributed by atoms with E-state index in [0.717, 1.165) is 5.52 Å². The molecule has 0 amide bonds. The molecule has 2 aromatic carbocycles. The van der Waals surface area contributed by atoms with Gasteiger partial charge in [-0.15, -0.1) is 0 Å². The van der Waals surface area contributed by atoms with E-state index < -0.39 is 0 Å². The van der Waals surface area contributed by atoms with Crippen molar-refractivity contribution in [1.82, 2.24) is 9.38 Å². The van der Waals surface area contributed by atoms with E-state index in [1.807, 2.05) is 6.20 Å². The van der Waals surface area contributed by atoms with Gasteiger partial charge in [-0.25, -0.2) is 4.57 Å². The smallest absolute Gasteiger partial charge is 0.255 e. The molecule has 0 N–H and O–H groups in total. The van der Waals surface area contributed by atoms with Crippen molar-refractivity contribution in [1.29, 1.82) is 0 Å². The fourth-order valence-electron chi connectivity index (χ4n) is 7.36. The summed E-state index contributed by atoms with van der Waals surface area (Å²) in [6, 6.07) is 16.5. The summed E-state index contributed by atoms with van der Waals surface area (Å²) < 4.78 is 5.06. The molecule has 3 aromatic heterocycles. The summed E-state index contributed by atoms with van der Waals surface area (Å²) in [4.78, 5) is 4.96. The Bertz CT molecular complexity index is 1580. The van der Waals surface area contributed by atoms with Crippen LogP contribution in [0.2, 0.25) is 0 Å². The minimum absolute atomic E-state index is 0.660. The van der Waals surface area contributed by atoms with Gasteiger partial charge >= 0.3 is 0 Å². The Morgan fingerprint density at radius 2 is 1.60 bits per heavy atom. The maximum absolute atomic E-state index is 4.96. The number of hydrogen-bond donors (Lipinski definition) is 0. The fourth-order valence-corrected chi connectivity index (χ4v) is 7.36. The molecule has 3 nitrogen and oxygen atoms in total. The highest BCUT2D eigenvalue weighted by molar-refractivity contribution is 6.12. The molecule has 2 aliphatic carbocycles. The molecule has 178 valence electrons. The number of para-hydroxylation sites is 1. The van der Waals surface area contributed by atoms with Crippen LogP contribution >= 0.6 is 0 Å². The first-order chi connectivity index (χ1) is 17.2. The molecule has 0 saturated heterocycles. The summed E-state index contributed by atoms with van der Waals surface area (Å²) in [7, 11) is 2.25. The van der Waals surface area contributed by atoms with Crippen molar-refractivity contribution < 1.29 is 4.57 Å². The van der Waals surface area contributed by atoms with E-state index >= 15 is 0 Å². The standard InChI is InChI=1S/C32H36N3/c1-21-18-19-33-30-26-17-16-24(22-10-5-3-6-11-22)20-28(26)35-31-25(23-12-7-4-8-13-23)14-9-15-27(31)34(2)32(35)29(21)30/h9,14-20,22-23H,3-8,10-13H2,1-2H3/q+1. The largest absolute Gasteiger partial charge is 0.297 e. The third kappa shape index (κ3) is 3.23. The van der Waals surface area contributed by atoms with E-state index in [-0.39, 0.29) is 0 Å². The number of benzene rings is 2. The predicted octanol–water partition coefficient (Wildman–Crippen LogP) is 8.02. The Hall–Kier alpha value is -2.94. The van der Waals surface area contributed by atoms with Gasteiger partial charge in [0.2, 0.25) is 0 Å². The Balaban J connectivity index is 1.65. The van der Waals surface area contributed by atoms with Crippen LogP contribution in [0.1, 0.15) is 92.7 Å². The zero-order valence-corrected chi connectivity index (χ0v) is 21.2. The Morgan fingerprint density at radius 3 is 2.37 bits per heavy atom. The lowest BCUT2D eigenvalue weighted by Gasteiger charge is -2.22. The zero-order chi connectivity index (χ0) is 23.5. The van der Waals surface area contributed by atoms with Crippen LogP contribution < -0.4 is 4.57 Å². The number of rotatable bonds is 2. The molecule has 2 fully saturated rings. The van der Waals surface area contributed by atoms with E-state index in [9.17, 15) is 0 Å². The van der Waals surface area contributed by atoms with Gasteiger partial charge in [0.1, 0.15) is 5.52 Å². The predicted molar refractivity (Wildman–Crippen MR) is 145 cm³/mol. The molecular weight excluding hydrogens is 426 g/mol. The van der Waals surface area contributed by atoms with E-state index in [1.165, 1.54) is 108 Å². The minimum Gasteiger partial charge on any atom is -0.255 e. The van der Waals surface area contributed by atoms with Gasteiger partial charge in [0, 0.05) is 17.1 Å².